The van der Waals surface area contributed by atoms with Crippen LogP contribution in [0.2, 0.25) is 0 Å². The highest BCUT2D eigenvalue weighted by molar-refractivity contribution is 9.10. The van der Waals surface area contributed by atoms with Crippen LogP contribution in [0, 0.1) is 0 Å². The predicted molar refractivity (Wildman–Crippen MR) is 56.1 cm³/mol. The zero-order valence-corrected chi connectivity index (χ0v) is 9.06. The van der Waals surface area contributed by atoms with Gasteiger partial charge in [0.25, 0.3) is 0 Å². The molecule has 2 N–H and O–H groups in total. The summed E-state index contributed by atoms with van der Waals surface area (Å²) in [4.78, 5) is 0. The fourth-order valence-corrected chi connectivity index (χ4v) is 1.67. The van der Waals surface area contributed by atoms with Gasteiger partial charge >= 0.3 is 0 Å². The fourth-order valence-electron chi connectivity index (χ4n) is 1.29. The Hall–Kier alpha value is -0.340. The van der Waals surface area contributed by atoms with E-state index in [4.69, 9.17) is 5.73 Å². The molecule has 12 heavy (non-hydrogen) atoms. The number of benzene rings is 1. The van der Waals surface area contributed by atoms with Crippen molar-refractivity contribution < 1.29 is 0 Å². The lowest BCUT2D eigenvalue weighted by Gasteiger charge is -2.11. The van der Waals surface area contributed by atoms with Crippen molar-refractivity contribution >= 4 is 15.9 Å². The van der Waals surface area contributed by atoms with E-state index in [0.717, 1.165) is 4.47 Å². The molecule has 0 heterocycles. The maximum Gasteiger partial charge on any atom is 0.0180 e. The molecule has 0 bridgehead atoms. The molecular formula is C10H14BrN. The van der Waals surface area contributed by atoms with E-state index >= 15 is 0 Å². The van der Waals surface area contributed by atoms with Gasteiger partial charge < -0.3 is 5.73 Å². The Balaban J connectivity index is 3.12. The van der Waals surface area contributed by atoms with Crippen LogP contribution < -0.4 is 5.73 Å². The van der Waals surface area contributed by atoms with Crippen LogP contribution in [0.4, 0.5) is 0 Å². The Kier molecular flexibility index (Phi) is 3.29. The first-order valence-corrected chi connectivity index (χ1v) is 4.93. The van der Waals surface area contributed by atoms with Gasteiger partial charge in [0.05, 0.1) is 0 Å². The van der Waals surface area contributed by atoms with E-state index in [2.05, 4.69) is 41.9 Å². The fraction of sp³-hybridized carbons (Fsp3) is 0.400. The Morgan fingerprint density at radius 3 is 2.58 bits per heavy atom. The van der Waals surface area contributed by atoms with Gasteiger partial charge in [0, 0.05) is 11.0 Å². The second-order valence-electron chi connectivity index (χ2n) is 3.20. The highest BCUT2D eigenvalue weighted by Crippen LogP contribution is 2.23. The lowest BCUT2D eigenvalue weighted by Crippen LogP contribution is -2.02. The smallest absolute Gasteiger partial charge is 0.0180 e. The van der Waals surface area contributed by atoms with E-state index in [1.165, 1.54) is 11.1 Å². The lowest BCUT2D eigenvalue weighted by molar-refractivity contribution is 0.838. The van der Waals surface area contributed by atoms with Crippen LogP contribution in [0.3, 0.4) is 0 Å². The summed E-state index contributed by atoms with van der Waals surface area (Å²) in [7, 11) is 0. The van der Waals surface area contributed by atoms with Gasteiger partial charge in [-0.1, -0.05) is 35.8 Å². The number of nitrogens with two attached hydrogens (primary N) is 1. The van der Waals surface area contributed by atoms with Crippen molar-refractivity contribution in [3.05, 3.63) is 33.8 Å². The van der Waals surface area contributed by atoms with Gasteiger partial charge in [-0.15, -0.1) is 0 Å². The molecule has 1 rings (SSSR count). The summed E-state index contributed by atoms with van der Waals surface area (Å²) < 4.78 is 1.13. The molecule has 0 unspecified atom stereocenters. The van der Waals surface area contributed by atoms with Gasteiger partial charge in [-0.05, 0) is 29.2 Å². The molecule has 0 amide bonds. The van der Waals surface area contributed by atoms with Crippen LogP contribution in [-0.2, 0) is 6.54 Å². The molecule has 0 aliphatic heterocycles. The highest BCUT2D eigenvalue weighted by atomic mass is 79.9. The standard InChI is InChI=1S/C10H14BrN/c1-7(2)10-5-9(11)4-3-8(10)6-12/h3-5,7H,6,12H2,1-2H3. The summed E-state index contributed by atoms with van der Waals surface area (Å²) in [5.74, 6) is 0.543. The zero-order valence-electron chi connectivity index (χ0n) is 7.47. The quantitative estimate of drug-likeness (QED) is 0.827. The Morgan fingerprint density at radius 1 is 1.42 bits per heavy atom. The SMILES string of the molecule is CC(C)c1cc(Br)ccc1CN. The number of halogens is 1. The van der Waals surface area contributed by atoms with Crippen molar-refractivity contribution in [1.82, 2.24) is 0 Å². The van der Waals surface area contributed by atoms with E-state index in [0.29, 0.717) is 12.5 Å². The number of rotatable bonds is 2. The molecular weight excluding hydrogens is 214 g/mol. The van der Waals surface area contributed by atoms with Crippen molar-refractivity contribution in [2.24, 2.45) is 5.73 Å². The van der Waals surface area contributed by atoms with E-state index in [9.17, 15) is 0 Å². The van der Waals surface area contributed by atoms with Crippen molar-refractivity contribution in [3.8, 4) is 0 Å². The topological polar surface area (TPSA) is 26.0 Å². The predicted octanol–water partition coefficient (Wildman–Crippen LogP) is 3.03. The van der Waals surface area contributed by atoms with Crippen LogP contribution in [0.15, 0.2) is 22.7 Å². The molecule has 1 nitrogen and oxygen atoms in total. The zero-order chi connectivity index (χ0) is 9.14. The van der Waals surface area contributed by atoms with Gasteiger partial charge in [0.15, 0.2) is 0 Å². The van der Waals surface area contributed by atoms with Crippen LogP contribution in [0.25, 0.3) is 0 Å². The van der Waals surface area contributed by atoms with Crippen molar-refractivity contribution in [1.29, 1.82) is 0 Å². The monoisotopic (exact) mass is 227 g/mol. The maximum atomic E-state index is 5.62. The summed E-state index contributed by atoms with van der Waals surface area (Å²) in [6.07, 6.45) is 0. The van der Waals surface area contributed by atoms with Gasteiger partial charge in [0.2, 0.25) is 0 Å². The van der Waals surface area contributed by atoms with Gasteiger partial charge in [-0.3, -0.25) is 0 Å². The third-order valence-corrected chi connectivity index (χ3v) is 2.44. The molecule has 1 aromatic rings. The first kappa shape index (κ1) is 9.75. The van der Waals surface area contributed by atoms with E-state index < -0.39 is 0 Å². The summed E-state index contributed by atoms with van der Waals surface area (Å²) >= 11 is 3.45. The van der Waals surface area contributed by atoms with Crippen molar-refractivity contribution in [2.75, 3.05) is 0 Å². The molecule has 0 fully saturated rings. The van der Waals surface area contributed by atoms with Crippen molar-refractivity contribution in [2.45, 2.75) is 26.3 Å². The molecule has 2 heteroatoms. The van der Waals surface area contributed by atoms with Gasteiger partial charge in [-0.2, -0.15) is 0 Å². The third kappa shape index (κ3) is 2.08. The lowest BCUT2D eigenvalue weighted by atomic mass is 9.97. The highest BCUT2D eigenvalue weighted by Gasteiger charge is 2.04. The van der Waals surface area contributed by atoms with Crippen LogP contribution in [0.1, 0.15) is 30.9 Å². The first-order valence-electron chi connectivity index (χ1n) is 4.13. The minimum Gasteiger partial charge on any atom is -0.326 e. The molecule has 0 atom stereocenters. The molecule has 1 aromatic carbocycles. The Labute approximate surface area is 82.1 Å². The summed E-state index contributed by atoms with van der Waals surface area (Å²) in [5, 5.41) is 0. The minimum absolute atomic E-state index is 0.543. The molecule has 0 saturated heterocycles. The molecule has 0 saturated carbocycles. The molecule has 0 radical (unpaired) electrons. The summed E-state index contributed by atoms with van der Waals surface area (Å²) in [6, 6.07) is 6.26. The Morgan fingerprint density at radius 2 is 2.08 bits per heavy atom. The largest absolute Gasteiger partial charge is 0.326 e. The molecule has 0 aromatic heterocycles. The van der Waals surface area contributed by atoms with Gasteiger partial charge in [0.1, 0.15) is 0 Å². The first-order chi connectivity index (χ1) is 5.65. The average Bonchev–Trinajstić information content (AvgIpc) is 2.04. The van der Waals surface area contributed by atoms with E-state index in [1.54, 1.807) is 0 Å². The van der Waals surface area contributed by atoms with Crippen LogP contribution >= 0.6 is 15.9 Å². The molecule has 66 valence electrons. The number of hydrogen-bond acceptors (Lipinski definition) is 1. The second kappa shape index (κ2) is 4.06. The van der Waals surface area contributed by atoms with E-state index in [-0.39, 0.29) is 0 Å². The second-order valence-corrected chi connectivity index (χ2v) is 4.12. The molecule has 0 aliphatic rings. The van der Waals surface area contributed by atoms with E-state index in [1.807, 2.05) is 6.07 Å². The number of hydrogen-bond donors (Lipinski definition) is 1. The third-order valence-electron chi connectivity index (χ3n) is 1.95. The van der Waals surface area contributed by atoms with Crippen molar-refractivity contribution in [3.63, 3.8) is 0 Å². The Bertz CT molecular complexity index is 269. The molecule has 0 spiro atoms. The summed E-state index contributed by atoms with van der Waals surface area (Å²) in [5.41, 5.74) is 8.21. The normalized spacial score (nSPS) is 10.8. The van der Waals surface area contributed by atoms with Crippen LogP contribution in [-0.4, -0.2) is 0 Å². The van der Waals surface area contributed by atoms with Crippen LogP contribution in [0.5, 0.6) is 0 Å². The average molecular weight is 228 g/mol. The summed E-state index contributed by atoms with van der Waals surface area (Å²) in [6.45, 7) is 4.99. The maximum absolute atomic E-state index is 5.62. The molecule has 0 aliphatic carbocycles. The minimum atomic E-state index is 0.543. The van der Waals surface area contributed by atoms with Gasteiger partial charge in [-0.25, -0.2) is 0 Å².